The molecule has 0 aliphatic heterocycles. The SMILES string of the molecule is CC(N)CCc1ccc(OCc2ncnn2C)cc1. The third-order valence-electron chi connectivity index (χ3n) is 2.98. The topological polar surface area (TPSA) is 66.0 Å². The smallest absolute Gasteiger partial charge is 0.164 e. The van der Waals surface area contributed by atoms with E-state index in [1.807, 2.05) is 26.1 Å². The maximum absolute atomic E-state index is 5.75. The predicted molar refractivity (Wildman–Crippen MR) is 73.7 cm³/mol. The average Bonchev–Trinajstić information content (AvgIpc) is 2.81. The summed E-state index contributed by atoms with van der Waals surface area (Å²) in [5.41, 5.74) is 7.03. The van der Waals surface area contributed by atoms with Gasteiger partial charge in [0.25, 0.3) is 0 Å². The third-order valence-corrected chi connectivity index (χ3v) is 2.98. The van der Waals surface area contributed by atoms with Gasteiger partial charge in [-0.1, -0.05) is 12.1 Å². The van der Waals surface area contributed by atoms with Gasteiger partial charge in [-0.05, 0) is 37.5 Å². The van der Waals surface area contributed by atoms with E-state index in [4.69, 9.17) is 10.5 Å². The van der Waals surface area contributed by atoms with Crippen LogP contribution in [0, 0.1) is 0 Å². The molecule has 2 aromatic rings. The lowest BCUT2D eigenvalue weighted by atomic mass is 10.1. The van der Waals surface area contributed by atoms with Crippen LogP contribution in [0.15, 0.2) is 30.6 Å². The molecule has 0 bridgehead atoms. The van der Waals surface area contributed by atoms with Crippen LogP contribution >= 0.6 is 0 Å². The monoisotopic (exact) mass is 260 g/mol. The third kappa shape index (κ3) is 4.06. The van der Waals surface area contributed by atoms with E-state index in [-0.39, 0.29) is 6.04 Å². The van der Waals surface area contributed by atoms with Crippen molar-refractivity contribution in [2.24, 2.45) is 12.8 Å². The molecule has 0 spiro atoms. The highest BCUT2D eigenvalue weighted by Gasteiger charge is 2.02. The summed E-state index contributed by atoms with van der Waals surface area (Å²) in [5.74, 6) is 1.65. The molecule has 1 unspecified atom stereocenters. The van der Waals surface area contributed by atoms with Gasteiger partial charge in [0.05, 0.1) is 0 Å². The van der Waals surface area contributed by atoms with E-state index in [9.17, 15) is 0 Å². The van der Waals surface area contributed by atoms with E-state index < -0.39 is 0 Å². The van der Waals surface area contributed by atoms with Gasteiger partial charge < -0.3 is 10.5 Å². The predicted octanol–water partition coefficient (Wildman–Crippen LogP) is 1.67. The minimum Gasteiger partial charge on any atom is -0.486 e. The number of rotatable bonds is 6. The first-order valence-electron chi connectivity index (χ1n) is 6.45. The maximum Gasteiger partial charge on any atom is 0.164 e. The van der Waals surface area contributed by atoms with Crippen molar-refractivity contribution in [1.29, 1.82) is 0 Å². The first kappa shape index (κ1) is 13.5. The molecule has 0 radical (unpaired) electrons. The van der Waals surface area contributed by atoms with Crippen LogP contribution in [0.4, 0.5) is 0 Å². The van der Waals surface area contributed by atoms with Crippen molar-refractivity contribution in [3.63, 3.8) is 0 Å². The van der Waals surface area contributed by atoms with Gasteiger partial charge in [-0.2, -0.15) is 5.10 Å². The fraction of sp³-hybridized carbons (Fsp3) is 0.429. The fourth-order valence-corrected chi connectivity index (χ4v) is 1.75. The molecular weight excluding hydrogens is 240 g/mol. The first-order valence-corrected chi connectivity index (χ1v) is 6.45. The minimum absolute atomic E-state index is 0.242. The molecule has 0 fully saturated rings. The summed E-state index contributed by atoms with van der Waals surface area (Å²) >= 11 is 0. The Balaban J connectivity index is 1.86. The van der Waals surface area contributed by atoms with Gasteiger partial charge in [-0.3, -0.25) is 4.68 Å². The number of aromatic nitrogens is 3. The molecule has 1 heterocycles. The molecule has 0 saturated carbocycles. The molecule has 102 valence electrons. The van der Waals surface area contributed by atoms with Crippen LogP contribution in [-0.2, 0) is 20.1 Å². The molecule has 2 N–H and O–H groups in total. The molecule has 1 atom stereocenters. The van der Waals surface area contributed by atoms with E-state index in [0.29, 0.717) is 6.61 Å². The van der Waals surface area contributed by atoms with Gasteiger partial charge in [-0.15, -0.1) is 0 Å². The van der Waals surface area contributed by atoms with Crippen LogP contribution in [0.5, 0.6) is 5.75 Å². The quantitative estimate of drug-likeness (QED) is 0.858. The zero-order valence-corrected chi connectivity index (χ0v) is 11.4. The van der Waals surface area contributed by atoms with Crippen molar-refractivity contribution in [3.8, 4) is 5.75 Å². The fourth-order valence-electron chi connectivity index (χ4n) is 1.75. The zero-order valence-electron chi connectivity index (χ0n) is 11.4. The molecule has 5 heteroatoms. The zero-order chi connectivity index (χ0) is 13.7. The normalized spacial score (nSPS) is 12.4. The van der Waals surface area contributed by atoms with E-state index >= 15 is 0 Å². The summed E-state index contributed by atoms with van der Waals surface area (Å²) in [6.07, 6.45) is 3.52. The summed E-state index contributed by atoms with van der Waals surface area (Å²) < 4.78 is 7.37. The largest absolute Gasteiger partial charge is 0.486 e. The van der Waals surface area contributed by atoms with Crippen LogP contribution in [0.3, 0.4) is 0 Å². The summed E-state index contributed by atoms with van der Waals surface area (Å²) in [5, 5.41) is 4.00. The summed E-state index contributed by atoms with van der Waals surface area (Å²) in [7, 11) is 1.85. The van der Waals surface area contributed by atoms with Gasteiger partial charge in [-0.25, -0.2) is 4.98 Å². The second-order valence-corrected chi connectivity index (χ2v) is 4.75. The van der Waals surface area contributed by atoms with Crippen LogP contribution in [0.1, 0.15) is 24.7 Å². The van der Waals surface area contributed by atoms with Gasteiger partial charge in [0.1, 0.15) is 18.7 Å². The number of benzene rings is 1. The van der Waals surface area contributed by atoms with Crippen molar-refractivity contribution >= 4 is 0 Å². The lowest BCUT2D eigenvalue weighted by Gasteiger charge is -2.08. The van der Waals surface area contributed by atoms with Crippen LogP contribution in [0.25, 0.3) is 0 Å². The molecular formula is C14H20N4O. The van der Waals surface area contributed by atoms with Gasteiger partial charge >= 0.3 is 0 Å². The molecule has 5 nitrogen and oxygen atoms in total. The number of hydrogen-bond acceptors (Lipinski definition) is 4. The molecule has 19 heavy (non-hydrogen) atoms. The maximum atomic E-state index is 5.75. The first-order chi connectivity index (χ1) is 9.15. The Labute approximate surface area is 113 Å². The van der Waals surface area contributed by atoms with Crippen LogP contribution < -0.4 is 10.5 Å². The van der Waals surface area contributed by atoms with E-state index in [1.54, 1.807) is 4.68 Å². The average molecular weight is 260 g/mol. The number of nitrogens with two attached hydrogens (primary N) is 1. The highest BCUT2D eigenvalue weighted by atomic mass is 16.5. The number of ether oxygens (including phenoxy) is 1. The Kier molecular flexibility index (Phi) is 4.52. The van der Waals surface area contributed by atoms with Crippen molar-refractivity contribution in [2.45, 2.75) is 32.4 Å². The molecule has 0 aliphatic carbocycles. The van der Waals surface area contributed by atoms with Crippen molar-refractivity contribution < 1.29 is 4.74 Å². The van der Waals surface area contributed by atoms with Crippen LogP contribution in [0.2, 0.25) is 0 Å². The number of aryl methyl sites for hydroxylation is 2. The number of hydrogen-bond donors (Lipinski definition) is 1. The summed E-state index contributed by atoms with van der Waals surface area (Å²) in [6, 6.07) is 8.36. The standard InChI is InChI=1S/C14H20N4O/c1-11(15)3-4-12-5-7-13(8-6-12)19-9-14-16-10-17-18(14)2/h5-8,10-11H,3-4,9,15H2,1-2H3. The van der Waals surface area contributed by atoms with Gasteiger partial charge in [0, 0.05) is 13.1 Å². The Hall–Kier alpha value is -1.88. The number of nitrogens with zero attached hydrogens (tertiary/aromatic N) is 3. The van der Waals surface area contributed by atoms with Gasteiger partial charge in [0.15, 0.2) is 5.82 Å². The molecule has 2 rings (SSSR count). The molecule has 1 aromatic heterocycles. The second-order valence-electron chi connectivity index (χ2n) is 4.75. The Morgan fingerprint density at radius 2 is 2.05 bits per heavy atom. The minimum atomic E-state index is 0.242. The van der Waals surface area contributed by atoms with Crippen LogP contribution in [-0.4, -0.2) is 20.8 Å². The second kappa shape index (κ2) is 6.33. The lowest BCUT2D eigenvalue weighted by molar-refractivity contribution is 0.289. The molecule has 0 saturated heterocycles. The molecule has 1 aromatic carbocycles. The Morgan fingerprint density at radius 3 is 2.63 bits per heavy atom. The highest BCUT2D eigenvalue weighted by Crippen LogP contribution is 2.14. The van der Waals surface area contributed by atoms with E-state index in [0.717, 1.165) is 24.4 Å². The lowest BCUT2D eigenvalue weighted by Crippen LogP contribution is -2.15. The highest BCUT2D eigenvalue weighted by molar-refractivity contribution is 5.27. The Morgan fingerprint density at radius 1 is 1.32 bits per heavy atom. The van der Waals surface area contributed by atoms with E-state index in [1.165, 1.54) is 11.9 Å². The van der Waals surface area contributed by atoms with Crippen molar-refractivity contribution in [2.75, 3.05) is 0 Å². The summed E-state index contributed by atoms with van der Waals surface area (Å²) in [6.45, 7) is 2.45. The van der Waals surface area contributed by atoms with Crippen molar-refractivity contribution in [1.82, 2.24) is 14.8 Å². The summed E-state index contributed by atoms with van der Waals surface area (Å²) in [4.78, 5) is 4.11. The van der Waals surface area contributed by atoms with E-state index in [2.05, 4.69) is 22.2 Å². The molecule has 0 aliphatic rings. The molecule has 0 amide bonds. The van der Waals surface area contributed by atoms with Crippen molar-refractivity contribution in [3.05, 3.63) is 42.0 Å². The Bertz CT molecular complexity index is 504. The van der Waals surface area contributed by atoms with Gasteiger partial charge in [0.2, 0.25) is 0 Å².